The molecule has 1 aliphatic rings. The first-order valence-electron chi connectivity index (χ1n) is 9.51. The first-order valence-corrected chi connectivity index (χ1v) is 11.8. The smallest absolute Gasteiger partial charge is 0.240 e. The number of ether oxygens (including phenoxy) is 1. The molecule has 29 heavy (non-hydrogen) atoms. The zero-order valence-corrected chi connectivity index (χ0v) is 18.0. The average Bonchev–Trinajstić information content (AvgIpc) is 3.33. The number of rotatable bonds is 7. The molecule has 2 aromatic heterocycles. The van der Waals surface area contributed by atoms with Crippen LogP contribution in [0.5, 0.6) is 5.88 Å². The Bertz CT molecular complexity index is 1120. The van der Waals surface area contributed by atoms with Crippen LogP contribution in [0, 0.1) is 13.8 Å². The molecular weight excluding hydrogens is 410 g/mol. The van der Waals surface area contributed by atoms with E-state index in [9.17, 15) is 8.42 Å². The van der Waals surface area contributed by atoms with Crippen LogP contribution in [0.2, 0.25) is 0 Å². The maximum Gasteiger partial charge on any atom is 0.240 e. The van der Waals surface area contributed by atoms with Crippen LogP contribution in [0.15, 0.2) is 29.2 Å². The van der Waals surface area contributed by atoms with E-state index in [2.05, 4.69) is 24.6 Å². The minimum atomic E-state index is -3.62. The molecule has 0 spiro atoms. The van der Waals surface area contributed by atoms with Crippen molar-refractivity contribution in [2.24, 2.45) is 0 Å². The summed E-state index contributed by atoms with van der Waals surface area (Å²) in [5.74, 6) is 1.96. The molecule has 154 valence electrons. The second-order valence-electron chi connectivity index (χ2n) is 6.91. The van der Waals surface area contributed by atoms with Gasteiger partial charge in [0.05, 0.1) is 20.1 Å². The Labute approximate surface area is 174 Å². The molecule has 10 heteroatoms. The van der Waals surface area contributed by atoms with Gasteiger partial charge in [0.2, 0.25) is 15.9 Å². The highest BCUT2D eigenvalue weighted by Crippen LogP contribution is 2.24. The summed E-state index contributed by atoms with van der Waals surface area (Å²) in [7, 11) is -3.62. The normalized spacial score (nSPS) is 14.6. The maximum atomic E-state index is 12.6. The predicted molar refractivity (Wildman–Crippen MR) is 113 cm³/mol. The summed E-state index contributed by atoms with van der Waals surface area (Å²) in [6, 6.07) is 6.76. The number of sulfonamides is 1. The van der Waals surface area contributed by atoms with Gasteiger partial charge in [-0.25, -0.2) is 23.1 Å². The molecular formula is C19H23N5O3S2. The van der Waals surface area contributed by atoms with Crippen LogP contribution >= 0.6 is 11.3 Å². The fourth-order valence-corrected chi connectivity index (χ4v) is 5.29. The van der Waals surface area contributed by atoms with Gasteiger partial charge in [0, 0.05) is 25.7 Å². The maximum absolute atomic E-state index is 12.6. The highest BCUT2D eigenvalue weighted by atomic mass is 32.2. The number of benzene rings is 1. The molecule has 8 nitrogen and oxygen atoms in total. The predicted octanol–water partition coefficient (Wildman–Crippen LogP) is 2.66. The van der Waals surface area contributed by atoms with Crippen LogP contribution in [-0.2, 0) is 10.0 Å². The number of hydrogen-bond donors (Lipinski definition) is 1. The van der Waals surface area contributed by atoms with Gasteiger partial charge in [-0.05, 0) is 44.9 Å². The van der Waals surface area contributed by atoms with Crippen molar-refractivity contribution in [2.75, 3.05) is 31.1 Å². The lowest BCUT2D eigenvalue weighted by atomic mass is 10.3. The molecule has 1 saturated heterocycles. The fourth-order valence-electron chi connectivity index (χ4n) is 3.31. The lowest BCUT2D eigenvalue weighted by Gasteiger charge is -2.17. The summed E-state index contributed by atoms with van der Waals surface area (Å²) in [6.45, 7) is 6.02. The van der Waals surface area contributed by atoms with Crippen molar-refractivity contribution >= 4 is 37.4 Å². The van der Waals surface area contributed by atoms with Gasteiger partial charge in [-0.1, -0.05) is 0 Å². The van der Waals surface area contributed by atoms with E-state index in [4.69, 9.17) is 4.74 Å². The Kier molecular flexibility index (Phi) is 5.66. The van der Waals surface area contributed by atoms with Crippen molar-refractivity contribution in [3.8, 4) is 5.88 Å². The number of aromatic nitrogens is 3. The molecule has 3 aromatic rings. The van der Waals surface area contributed by atoms with Crippen molar-refractivity contribution in [3.05, 3.63) is 35.1 Å². The van der Waals surface area contributed by atoms with Crippen LogP contribution in [0.4, 0.5) is 5.82 Å². The molecule has 0 bridgehead atoms. The molecule has 0 atom stereocenters. The molecule has 0 amide bonds. The lowest BCUT2D eigenvalue weighted by Crippen LogP contribution is -2.28. The van der Waals surface area contributed by atoms with E-state index in [1.54, 1.807) is 18.2 Å². The van der Waals surface area contributed by atoms with Gasteiger partial charge < -0.3 is 9.64 Å². The van der Waals surface area contributed by atoms with Crippen molar-refractivity contribution in [1.29, 1.82) is 0 Å². The highest BCUT2D eigenvalue weighted by Gasteiger charge is 2.17. The van der Waals surface area contributed by atoms with E-state index in [0.717, 1.165) is 47.0 Å². The zero-order chi connectivity index (χ0) is 20.4. The number of aryl methyl sites for hydroxylation is 2. The van der Waals surface area contributed by atoms with Gasteiger partial charge in [-0.3, -0.25) is 0 Å². The van der Waals surface area contributed by atoms with Crippen molar-refractivity contribution in [2.45, 2.75) is 31.6 Å². The minimum Gasteiger partial charge on any atom is -0.476 e. The average molecular weight is 434 g/mol. The minimum absolute atomic E-state index is 0.143. The first-order chi connectivity index (χ1) is 13.9. The van der Waals surface area contributed by atoms with E-state index in [0.29, 0.717) is 11.7 Å². The van der Waals surface area contributed by atoms with E-state index in [1.165, 1.54) is 11.3 Å². The molecule has 1 fully saturated rings. The zero-order valence-electron chi connectivity index (χ0n) is 16.4. The second-order valence-corrected chi connectivity index (χ2v) is 9.92. The van der Waals surface area contributed by atoms with Crippen molar-refractivity contribution < 1.29 is 13.2 Å². The molecule has 0 unspecified atom stereocenters. The summed E-state index contributed by atoms with van der Waals surface area (Å²) in [5.41, 5.74) is 0.808. The highest BCUT2D eigenvalue weighted by molar-refractivity contribution is 7.89. The fraction of sp³-hybridized carbons (Fsp3) is 0.421. The molecule has 1 aliphatic heterocycles. The summed E-state index contributed by atoms with van der Waals surface area (Å²) < 4.78 is 34.2. The van der Waals surface area contributed by atoms with E-state index in [-0.39, 0.29) is 18.0 Å². The van der Waals surface area contributed by atoms with Gasteiger partial charge in [-0.2, -0.15) is 4.98 Å². The molecule has 3 heterocycles. The van der Waals surface area contributed by atoms with Gasteiger partial charge in [0.25, 0.3) is 0 Å². The van der Waals surface area contributed by atoms with Crippen LogP contribution in [0.25, 0.3) is 10.2 Å². The number of anilines is 1. The number of hydrogen-bond acceptors (Lipinski definition) is 8. The standard InChI is InChI=1S/C19H23N5O3S2/c1-13-21-18(24-8-3-4-9-24)12-19(22-13)27-10-7-20-29(25,26)15-5-6-16-17(11-15)28-14(2)23-16/h5-6,11-12,20H,3-4,7-10H2,1-2H3. The Hall–Kier alpha value is -2.30. The Balaban J connectivity index is 1.37. The molecule has 0 saturated carbocycles. The molecule has 0 radical (unpaired) electrons. The van der Waals surface area contributed by atoms with Crippen LogP contribution in [-0.4, -0.2) is 49.6 Å². The SMILES string of the molecule is Cc1nc(OCCNS(=O)(=O)c2ccc3nc(C)sc3c2)cc(N2CCCC2)n1. The first kappa shape index (κ1) is 20.0. The summed E-state index contributed by atoms with van der Waals surface area (Å²) >= 11 is 1.47. The number of nitrogens with one attached hydrogen (secondary N) is 1. The second kappa shape index (κ2) is 8.21. The third kappa shape index (κ3) is 4.65. The van der Waals surface area contributed by atoms with Gasteiger partial charge in [0.15, 0.2) is 0 Å². The van der Waals surface area contributed by atoms with Gasteiger partial charge >= 0.3 is 0 Å². The van der Waals surface area contributed by atoms with Crippen LogP contribution < -0.4 is 14.4 Å². The van der Waals surface area contributed by atoms with E-state index < -0.39 is 10.0 Å². The Morgan fingerprint density at radius 2 is 1.93 bits per heavy atom. The summed E-state index contributed by atoms with van der Waals surface area (Å²) in [5, 5.41) is 0.907. The number of nitrogens with zero attached hydrogens (tertiary/aromatic N) is 4. The molecule has 0 aliphatic carbocycles. The molecule has 1 aromatic carbocycles. The van der Waals surface area contributed by atoms with Crippen molar-refractivity contribution in [1.82, 2.24) is 19.7 Å². The topological polar surface area (TPSA) is 97.3 Å². The summed E-state index contributed by atoms with van der Waals surface area (Å²) in [6.07, 6.45) is 2.32. The van der Waals surface area contributed by atoms with Crippen LogP contribution in [0.3, 0.4) is 0 Å². The third-order valence-electron chi connectivity index (χ3n) is 4.65. The van der Waals surface area contributed by atoms with Crippen molar-refractivity contribution in [3.63, 3.8) is 0 Å². The quantitative estimate of drug-likeness (QED) is 0.572. The third-order valence-corrected chi connectivity index (χ3v) is 7.04. The van der Waals surface area contributed by atoms with Gasteiger partial charge in [0.1, 0.15) is 18.2 Å². The molecule has 1 N–H and O–H groups in total. The Morgan fingerprint density at radius 3 is 2.72 bits per heavy atom. The van der Waals surface area contributed by atoms with E-state index in [1.807, 2.05) is 19.9 Å². The van der Waals surface area contributed by atoms with Gasteiger partial charge in [-0.15, -0.1) is 11.3 Å². The largest absolute Gasteiger partial charge is 0.476 e. The monoisotopic (exact) mass is 433 g/mol. The number of fused-ring (bicyclic) bond motifs is 1. The Morgan fingerprint density at radius 1 is 1.14 bits per heavy atom. The lowest BCUT2D eigenvalue weighted by molar-refractivity contribution is 0.309. The molecule has 4 rings (SSSR count). The van der Waals surface area contributed by atoms with E-state index >= 15 is 0 Å². The number of thiazole rings is 1. The summed E-state index contributed by atoms with van der Waals surface area (Å²) in [4.78, 5) is 15.6. The van der Waals surface area contributed by atoms with Crippen LogP contribution in [0.1, 0.15) is 23.7 Å².